The van der Waals surface area contributed by atoms with Gasteiger partial charge in [0.1, 0.15) is 0 Å². The Kier molecular flexibility index (Phi) is 7.29. The Morgan fingerprint density at radius 1 is 1.23 bits per heavy atom. The van der Waals surface area contributed by atoms with Crippen molar-refractivity contribution in [3.63, 3.8) is 0 Å². The van der Waals surface area contributed by atoms with Crippen LogP contribution in [0.2, 0.25) is 0 Å². The quantitative estimate of drug-likeness (QED) is 0.299. The van der Waals surface area contributed by atoms with Gasteiger partial charge in [0.05, 0.1) is 16.5 Å². The van der Waals surface area contributed by atoms with Crippen LogP contribution >= 0.6 is 11.8 Å². The molecule has 0 fully saturated rings. The molecule has 0 atom stereocenters. The molecule has 0 saturated heterocycles. The average Bonchev–Trinajstić information content (AvgIpc) is 3.03. The van der Waals surface area contributed by atoms with Gasteiger partial charge >= 0.3 is 5.76 Å². The molecule has 0 spiro atoms. The number of hydrogen-bond acceptors (Lipinski definition) is 6. The van der Waals surface area contributed by atoms with Gasteiger partial charge < -0.3 is 9.73 Å². The maximum absolute atomic E-state index is 12.0. The number of amides is 1. The van der Waals surface area contributed by atoms with Crippen molar-refractivity contribution in [3.05, 3.63) is 74.3 Å². The van der Waals surface area contributed by atoms with Gasteiger partial charge in [0.25, 0.3) is 5.69 Å². The minimum absolute atomic E-state index is 0.0672. The van der Waals surface area contributed by atoms with Gasteiger partial charge in [-0.05, 0) is 25.0 Å². The number of nitrogens with zero attached hydrogens (tertiary/aromatic N) is 2. The summed E-state index contributed by atoms with van der Waals surface area (Å²) in [6, 6.07) is 12.5. The third-order valence-electron chi connectivity index (χ3n) is 4.61. The van der Waals surface area contributed by atoms with E-state index in [0.717, 1.165) is 11.5 Å². The molecular formula is C21H23N3O5S. The van der Waals surface area contributed by atoms with Crippen LogP contribution in [0.4, 0.5) is 5.69 Å². The van der Waals surface area contributed by atoms with Gasteiger partial charge in [0.15, 0.2) is 5.58 Å². The van der Waals surface area contributed by atoms with Crippen molar-refractivity contribution < 1.29 is 14.1 Å². The number of aromatic nitrogens is 1. The van der Waals surface area contributed by atoms with E-state index in [1.807, 2.05) is 0 Å². The summed E-state index contributed by atoms with van der Waals surface area (Å²) in [5, 5.41) is 13.7. The maximum atomic E-state index is 12.0. The molecule has 0 aliphatic carbocycles. The molecule has 9 heteroatoms. The standard InChI is InChI=1S/C21H23N3O5S/c1-15-4-6-16(7-5-15)14-30-12-10-22-20(25)3-2-11-23-18-9-8-17(24(27)28)13-19(18)29-21(23)26/h4-9,13H,2-3,10-12,14H2,1H3,(H,22,25). The number of nitrogens with one attached hydrogen (secondary N) is 1. The molecule has 1 heterocycles. The predicted octanol–water partition coefficient (Wildman–Crippen LogP) is 3.64. The average molecular weight is 429 g/mol. The van der Waals surface area contributed by atoms with Crippen LogP contribution < -0.4 is 11.1 Å². The first kappa shape index (κ1) is 21.6. The number of oxazole rings is 1. The van der Waals surface area contributed by atoms with E-state index in [9.17, 15) is 19.7 Å². The molecule has 0 saturated carbocycles. The van der Waals surface area contributed by atoms with Gasteiger partial charge in [-0.2, -0.15) is 11.8 Å². The maximum Gasteiger partial charge on any atom is 0.419 e. The largest absolute Gasteiger partial charge is 0.419 e. The number of nitro benzene ring substituents is 1. The Labute approximate surface area is 177 Å². The Hall–Kier alpha value is -3.07. The fraction of sp³-hybridized carbons (Fsp3) is 0.333. The summed E-state index contributed by atoms with van der Waals surface area (Å²) < 4.78 is 6.47. The molecule has 1 N–H and O–H groups in total. The second-order valence-electron chi connectivity index (χ2n) is 6.92. The second kappa shape index (κ2) is 10.1. The number of rotatable bonds is 10. The highest BCUT2D eigenvalue weighted by molar-refractivity contribution is 7.98. The number of nitro groups is 1. The number of carbonyl (C=O) groups excluding carboxylic acids is 1. The van der Waals surface area contributed by atoms with Gasteiger partial charge in [-0.1, -0.05) is 29.8 Å². The van der Waals surface area contributed by atoms with Gasteiger partial charge in [-0.25, -0.2) is 4.79 Å². The van der Waals surface area contributed by atoms with Crippen LogP contribution in [0.25, 0.3) is 11.1 Å². The molecule has 0 bridgehead atoms. The summed E-state index contributed by atoms with van der Waals surface area (Å²) in [5.74, 6) is 1.08. The van der Waals surface area contributed by atoms with Gasteiger partial charge in [-0.15, -0.1) is 0 Å². The Bertz CT molecular complexity index is 1090. The molecular weight excluding hydrogens is 406 g/mol. The number of carbonyl (C=O) groups is 1. The molecule has 1 aromatic heterocycles. The number of benzene rings is 2. The molecule has 158 valence electrons. The van der Waals surface area contributed by atoms with E-state index in [0.29, 0.717) is 25.0 Å². The number of aryl methyl sites for hydroxylation is 2. The van der Waals surface area contributed by atoms with E-state index in [-0.39, 0.29) is 23.6 Å². The number of non-ortho nitro benzene ring substituents is 1. The second-order valence-corrected chi connectivity index (χ2v) is 8.03. The summed E-state index contributed by atoms with van der Waals surface area (Å²) in [5.41, 5.74) is 3.02. The zero-order valence-electron chi connectivity index (χ0n) is 16.6. The first-order valence-electron chi connectivity index (χ1n) is 9.62. The summed E-state index contributed by atoms with van der Waals surface area (Å²) >= 11 is 1.76. The minimum atomic E-state index is -0.585. The van der Waals surface area contributed by atoms with E-state index < -0.39 is 10.7 Å². The molecule has 0 aliphatic heterocycles. The lowest BCUT2D eigenvalue weighted by Gasteiger charge is -2.06. The van der Waals surface area contributed by atoms with Crippen LogP contribution in [0.3, 0.4) is 0 Å². The molecule has 0 radical (unpaired) electrons. The number of fused-ring (bicyclic) bond motifs is 1. The van der Waals surface area contributed by atoms with Crippen LogP contribution in [0.1, 0.15) is 24.0 Å². The lowest BCUT2D eigenvalue weighted by atomic mass is 10.2. The third-order valence-corrected chi connectivity index (χ3v) is 5.64. The van der Waals surface area contributed by atoms with E-state index in [4.69, 9.17) is 4.42 Å². The van der Waals surface area contributed by atoms with E-state index in [1.54, 1.807) is 11.8 Å². The Balaban J connectivity index is 1.39. The minimum Gasteiger partial charge on any atom is -0.407 e. The molecule has 0 aliphatic rings. The monoisotopic (exact) mass is 429 g/mol. The summed E-state index contributed by atoms with van der Waals surface area (Å²) in [4.78, 5) is 34.3. The van der Waals surface area contributed by atoms with Crippen molar-refractivity contribution in [2.45, 2.75) is 32.1 Å². The molecule has 8 nitrogen and oxygen atoms in total. The van der Waals surface area contributed by atoms with Crippen molar-refractivity contribution in [2.75, 3.05) is 12.3 Å². The van der Waals surface area contributed by atoms with E-state index >= 15 is 0 Å². The normalized spacial score (nSPS) is 11.0. The number of hydrogen-bond donors (Lipinski definition) is 1. The van der Waals surface area contributed by atoms with Crippen molar-refractivity contribution in [1.82, 2.24) is 9.88 Å². The fourth-order valence-corrected chi connectivity index (χ4v) is 3.82. The highest BCUT2D eigenvalue weighted by Gasteiger charge is 2.14. The van der Waals surface area contributed by atoms with Crippen molar-refractivity contribution in [1.29, 1.82) is 0 Å². The van der Waals surface area contributed by atoms with Crippen LogP contribution in [-0.4, -0.2) is 27.7 Å². The van der Waals surface area contributed by atoms with Gasteiger partial charge in [-0.3, -0.25) is 19.5 Å². The molecule has 3 rings (SSSR count). The SMILES string of the molecule is Cc1ccc(CSCCNC(=O)CCCn2c(=O)oc3cc([N+](=O)[O-])ccc32)cc1. The van der Waals surface area contributed by atoms with Gasteiger partial charge in [0.2, 0.25) is 5.91 Å². The first-order valence-corrected chi connectivity index (χ1v) is 10.8. The molecule has 30 heavy (non-hydrogen) atoms. The molecule has 2 aromatic carbocycles. The van der Waals surface area contributed by atoms with E-state index in [2.05, 4.69) is 36.5 Å². The number of thioether (sulfide) groups is 1. The van der Waals surface area contributed by atoms with Crippen molar-refractivity contribution in [2.24, 2.45) is 0 Å². The van der Waals surface area contributed by atoms with Crippen LogP contribution in [0, 0.1) is 17.0 Å². The topological polar surface area (TPSA) is 107 Å². The van der Waals surface area contributed by atoms with Gasteiger partial charge in [0, 0.05) is 37.1 Å². The summed E-state index contributed by atoms with van der Waals surface area (Å²) in [7, 11) is 0. The van der Waals surface area contributed by atoms with E-state index in [1.165, 1.54) is 33.9 Å². The summed E-state index contributed by atoms with van der Waals surface area (Å²) in [6.07, 6.45) is 0.753. The summed E-state index contributed by atoms with van der Waals surface area (Å²) in [6.45, 7) is 2.96. The first-order chi connectivity index (χ1) is 14.4. The zero-order valence-corrected chi connectivity index (χ0v) is 17.4. The Morgan fingerprint density at radius 2 is 2.00 bits per heavy atom. The predicted molar refractivity (Wildman–Crippen MR) is 117 cm³/mol. The zero-order chi connectivity index (χ0) is 21.5. The van der Waals surface area contributed by atoms with Crippen LogP contribution in [-0.2, 0) is 17.1 Å². The lowest BCUT2D eigenvalue weighted by Crippen LogP contribution is -2.26. The van der Waals surface area contributed by atoms with Crippen LogP contribution in [0.15, 0.2) is 51.7 Å². The third kappa shape index (κ3) is 5.73. The highest BCUT2D eigenvalue weighted by atomic mass is 32.2. The molecule has 0 unspecified atom stereocenters. The molecule has 1 amide bonds. The Morgan fingerprint density at radius 3 is 2.73 bits per heavy atom. The lowest BCUT2D eigenvalue weighted by molar-refractivity contribution is -0.384. The smallest absolute Gasteiger partial charge is 0.407 e. The van der Waals surface area contributed by atoms with Crippen molar-refractivity contribution in [3.8, 4) is 0 Å². The molecule has 3 aromatic rings. The highest BCUT2D eigenvalue weighted by Crippen LogP contribution is 2.20. The van der Waals surface area contributed by atoms with Crippen molar-refractivity contribution >= 4 is 34.5 Å². The fourth-order valence-electron chi connectivity index (χ4n) is 3.00. The van der Waals surface area contributed by atoms with Crippen LogP contribution in [0.5, 0.6) is 0 Å².